The Balaban J connectivity index is 0.00000121. The zero-order valence-electron chi connectivity index (χ0n) is 9.96. The number of carboxylic acid groups (broad SMARTS) is 2. The molecule has 0 aliphatic carbocycles. The van der Waals surface area contributed by atoms with Crippen molar-refractivity contribution in [2.24, 2.45) is 0 Å². The minimum atomic E-state index is -1.06. The molecule has 0 aliphatic heterocycles. The second-order valence-electron chi connectivity index (χ2n) is 2.98. The molecule has 5 nitrogen and oxygen atoms in total. The Bertz CT molecular complexity index is 335. The highest BCUT2D eigenvalue weighted by Gasteiger charge is 2.13. The number of para-hydroxylation sites is 1. The summed E-state index contributed by atoms with van der Waals surface area (Å²) in [6.07, 6.45) is 0. The molecule has 1 rings (SSSR count). The van der Waals surface area contributed by atoms with Crippen LogP contribution in [0.25, 0.3) is 0 Å². The third-order valence-corrected chi connectivity index (χ3v) is 1.77. The quantitative estimate of drug-likeness (QED) is 0.817. The SMILES string of the molecule is CC.O=C(O)CN(CC(=O)O)c1ccccc1. The van der Waals surface area contributed by atoms with Gasteiger partial charge in [0, 0.05) is 5.69 Å². The van der Waals surface area contributed by atoms with Crippen molar-refractivity contribution in [2.75, 3.05) is 18.0 Å². The molecule has 0 heterocycles. The number of carboxylic acids is 2. The van der Waals surface area contributed by atoms with E-state index in [2.05, 4.69) is 0 Å². The third kappa shape index (κ3) is 6.19. The van der Waals surface area contributed by atoms with Gasteiger partial charge in [-0.15, -0.1) is 0 Å². The first-order valence-electron chi connectivity index (χ1n) is 5.33. The topological polar surface area (TPSA) is 77.8 Å². The summed E-state index contributed by atoms with van der Waals surface area (Å²) >= 11 is 0. The summed E-state index contributed by atoms with van der Waals surface area (Å²) in [6.45, 7) is 3.35. The Morgan fingerprint density at radius 2 is 1.41 bits per heavy atom. The van der Waals surface area contributed by atoms with Gasteiger partial charge in [0.2, 0.25) is 0 Å². The molecule has 0 atom stereocenters. The van der Waals surface area contributed by atoms with Crippen LogP contribution in [0.4, 0.5) is 5.69 Å². The molecule has 0 aromatic heterocycles. The number of hydrogen-bond donors (Lipinski definition) is 2. The Labute approximate surface area is 100 Å². The lowest BCUT2D eigenvalue weighted by Gasteiger charge is -2.20. The zero-order valence-corrected chi connectivity index (χ0v) is 9.96. The van der Waals surface area contributed by atoms with Crippen molar-refractivity contribution in [2.45, 2.75) is 13.8 Å². The predicted molar refractivity (Wildman–Crippen MR) is 65.3 cm³/mol. The summed E-state index contributed by atoms with van der Waals surface area (Å²) in [4.78, 5) is 22.3. The maximum atomic E-state index is 10.5. The van der Waals surface area contributed by atoms with Crippen molar-refractivity contribution in [3.8, 4) is 0 Å². The van der Waals surface area contributed by atoms with Crippen molar-refractivity contribution in [1.29, 1.82) is 0 Å². The first kappa shape index (κ1) is 15.0. The Kier molecular flexibility index (Phi) is 7.17. The lowest BCUT2D eigenvalue weighted by atomic mass is 10.3. The average molecular weight is 239 g/mol. The van der Waals surface area contributed by atoms with E-state index in [-0.39, 0.29) is 13.1 Å². The van der Waals surface area contributed by atoms with Crippen molar-refractivity contribution in [3.63, 3.8) is 0 Å². The number of rotatable bonds is 5. The molecule has 0 radical (unpaired) electrons. The fourth-order valence-electron chi connectivity index (χ4n) is 1.20. The van der Waals surface area contributed by atoms with Crippen molar-refractivity contribution in [3.05, 3.63) is 30.3 Å². The lowest BCUT2D eigenvalue weighted by molar-refractivity contribution is -0.136. The van der Waals surface area contributed by atoms with E-state index in [1.165, 1.54) is 4.90 Å². The molecular formula is C12H17NO4. The molecule has 1 aromatic rings. The number of carbonyl (C=O) groups is 2. The molecule has 94 valence electrons. The average Bonchev–Trinajstić information content (AvgIpc) is 2.31. The standard InChI is InChI=1S/C10H11NO4.C2H6/c12-9(13)6-11(7-10(14)15)8-4-2-1-3-5-8;1-2/h1-5H,6-7H2,(H,12,13)(H,14,15);1-2H3. The fourth-order valence-corrected chi connectivity index (χ4v) is 1.20. The van der Waals surface area contributed by atoms with Crippen molar-refractivity contribution < 1.29 is 19.8 Å². The van der Waals surface area contributed by atoms with Gasteiger partial charge in [-0.3, -0.25) is 9.59 Å². The minimum Gasteiger partial charge on any atom is -0.480 e. The molecule has 0 spiro atoms. The summed E-state index contributed by atoms with van der Waals surface area (Å²) in [7, 11) is 0. The monoisotopic (exact) mass is 239 g/mol. The van der Waals surface area contributed by atoms with Crippen LogP contribution in [0.15, 0.2) is 30.3 Å². The zero-order chi connectivity index (χ0) is 13.3. The first-order valence-corrected chi connectivity index (χ1v) is 5.33. The summed E-state index contributed by atoms with van der Waals surface area (Å²) in [5.41, 5.74) is 0.585. The number of nitrogens with zero attached hydrogens (tertiary/aromatic N) is 1. The van der Waals surface area contributed by atoms with E-state index in [9.17, 15) is 9.59 Å². The maximum Gasteiger partial charge on any atom is 0.323 e. The second kappa shape index (κ2) is 8.15. The number of benzene rings is 1. The van der Waals surface area contributed by atoms with Gasteiger partial charge in [-0.2, -0.15) is 0 Å². The molecule has 1 aromatic carbocycles. The molecule has 0 saturated heterocycles. The number of aliphatic carboxylic acids is 2. The van der Waals surface area contributed by atoms with Gasteiger partial charge in [0.05, 0.1) is 0 Å². The Morgan fingerprint density at radius 1 is 1.00 bits per heavy atom. The van der Waals surface area contributed by atoms with E-state index < -0.39 is 11.9 Å². The van der Waals surface area contributed by atoms with Crippen LogP contribution < -0.4 is 4.90 Å². The molecule has 0 saturated carbocycles. The van der Waals surface area contributed by atoms with E-state index in [0.29, 0.717) is 5.69 Å². The van der Waals surface area contributed by atoms with Gasteiger partial charge in [0.25, 0.3) is 0 Å². The highest BCUT2D eigenvalue weighted by molar-refractivity contribution is 5.79. The fraction of sp³-hybridized carbons (Fsp3) is 0.333. The van der Waals surface area contributed by atoms with Crippen LogP contribution in [0.2, 0.25) is 0 Å². The molecule has 0 bridgehead atoms. The van der Waals surface area contributed by atoms with Gasteiger partial charge in [-0.05, 0) is 12.1 Å². The van der Waals surface area contributed by atoms with Crippen LogP contribution in [0.1, 0.15) is 13.8 Å². The highest BCUT2D eigenvalue weighted by Crippen LogP contribution is 2.12. The van der Waals surface area contributed by atoms with Crippen LogP contribution >= 0.6 is 0 Å². The summed E-state index contributed by atoms with van der Waals surface area (Å²) in [6, 6.07) is 8.58. The summed E-state index contributed by atoms with van der Waals surface area (Å²) in [5.74, 6) is -2.11. The van der Waals surface area contributed by atoms with E-state index in [1.54, 1.807) is 30.3 Å². The molecule has 0 fully saturated rings. The first-order chi connectivity index (χ1) is 8.09. The van der Waals surface area contributed by atoms with Gasteiger partial charge >= 0.3 is 11.9 Å². The Morgan fingerprint density at radius 3 is 1.76 bits per heavy atom. The van der Waals surface area contributed by atoms with E-state index in [1.807, 2.05) is 13.8 Å². The van der Waals surface area contributed by atoms with Gasteiger partial charge in [-0.25, -0.2) is 0 Å². The minimum absolute atomic E-state index is 0.323. The van der Waals surface area contributed by atoms with Crippen LogP contribution in [-0.2, 0) is 9.59 Å². The van der Waals surface area contributed by atoms with Crippen LogP contribution in [-0.4, -0.2) is 35.2 Å². The van der Waals surface area contributed by atoms with Crippen molar-refractivity contribution >= 4 is 17.6 Å². The third-order valence-electron chi connectivity index (χ3n) is 1.77. The smallest absolute Gasteiger partial charge is 0.323 e. The Hall–Kier alpha value is -2.04. The predicted octanol–water partition coefficient (Wildman–Crippen LogP) is 1.69. The molecule has 17 heavy (non-hydrogen) atoms. The maximum absolute atomic E-state index is 10.5. The molecule has 0 aliphatic rings. The van der Waals surface area contributed by atoms with E-state index in [4.69, 9.17) is 10.2 Å². The van der Waals surface area contributed by atoms with Gasteiger partial charge in [-0.1, -0.05) is 32.0 Å². The molecular weight excluding hydrogens is 222 g/mol. The lowest BCUT2D eigenvalue weighted by Crippen LogP contribution is -2.34. The van der Waals surface area contributed by atoms with Gasteiger partial charge in [0.15, 0.2) is 0 Å². The normalized spacial score (nSPS) is 8.82. The molecule has 0 unspecified atom stereocenters. The molecule has 0 amide bonds. The number of hydrogen-bond acceptors (Lipinski definition) is 3. The van der Waals surface area contributed by atoms with E-state index >= 15 is 0 Å². The summed E-state index contributed by atoms with van der Waals surface area (Å²) < 4.78 is 0. The van der Waals surface area contributed by atoms with Crippen molar-refractivity contribution in [1.82, 2.24) is 0 Å². The largest absolute Gasteiger partial charge is 0.480 e. The highest BCUT2D eigenvalue weighted by atomic mass is 16.4. The number of anilines is 1. The van der Waals surface area contributed by atoms with Gasteiger partial charge in [0.1, 0.15) is 13.1 Å². The van der Waals surface area contributed by atoms with Crippen LogP contribution in [0.5, 0.6) is 0 Å². The van der Waals surface area contributed by atoms with Crippen LogP contribution in [0.3, 0.4) is 0 Å². The molecule has 2 N–H and O–H groups in total. The van der Waals surface area contributed by atoms with Crippen LogP contribution in [0, 0.1) is 0 Å². The van der Waals surface area contributed by atoms with E-state index in [0.717, 1.165) is 0 Å². The second-order valence-corrected chi connectivity index (χ2v) is 2.98. The van der Waals surface area contributed by atoms with Gasteiger partial charge < -0.3 is 15.1 Å². The summed E-state index contributed by atoms with van der Waals surface area (Å²) in [5, 5.41) is 17.2. The molecule has 5 heteroatoms.